The van der Waals surface area contributed by atoms with Crippen molar-refractivity contribution in [2.24, 2.45) is 11.8 Å². The van der Waals surface area contributed by atoms with E-state index in [1.165, 1.54) is 230 Å². The van der Waals surface area contributed by atoms with Crippen molar-refractivity contribution in [1.29, 1.82) is 0 Å². The van der Waals surface area contributed by atoms with Gasteiger partial charge in [-0.3, -0.25) is 0 Å². The van der Waals surface area contributed by atoms with Gasteiger partial charge in [0.25, 0.3) is 0 Å². The Kier molecular flexibility index (Phi) is 30.8. The minimum Gasteiger partial charge on any atom is -0.392 e. The Morgan fingerprint density at radius 3 is 1.11 bits per heavy atom. The topological polar surface area (TPSA) is 66.2 Å². The van der Waals surface area contributed by atoms with Crippen LogP contribution in [0.25, 0.3) is 82.1 Å². The Labute approximate surface area is 586 Å². The molecule has 0 saturated carbocycles. The van der Waals surface area contributed by atoms with Crippen LogP contribution in [0.15, 0.2) is 72.8 Å². The molecule has 0 aliphatic rings. The summed E-state index contributed by atoms with van der Waals surface area (Å²) in [7, 11) is 0. The second-order valence-corrected chi connectivity index (χ2v) is 34.0. The van der Waals surface area contributed by atoms with Crippen LogP contribution in [-0.4, -0.2) is 19.0 Å². The Balaban J connectivity index is 1.02. The number of thiophene rings is 6. The molecule has 7 heterocycles. The zero-order chi connectivity index (χ0) is 65.3. The molecule has 0 aliphatic heterocycles. The van der Waals surface area contributed by atoms with Crippen molar-refractivity contribution in [3.63, 3.8) is 0 Å². The molecule has 0 radical (unpaired) electrons. The fraction of sp³-hybridized carbons (Fsp3) is 0.550. The number of hydrogen-bond donors (Lipinski definition) is 2. The summed E-state index contributed by atoms with van der Waals surface area (Å²) in [6, 6.07) is 25.9. The van der Waals surface area contributed by atoms with Crippen LogP contribution < -0.4 is 0 Å². The number of aliphatic hydroxyl groups excluding tert-OH is 2. The van der Waals surface area contributed by atoms with E-state index >= 15 is 8.78 Å². The molecule has 0 fully saturated rings. The lowest BCUT2D eigenvalue weighted by Gasteiger charge is -2.17. The van der Waals surface area contributed by atoms with Gasteiger partial charge < -0.3 is 10.2 Å². The molecule has 2 unspecified atom stereocenters. The molecule has 0 bridgehead atoms. The number of hydrogen-bond acceptors (Lipinski definition) is 11. The Morgan fingerprint density at radius 2 is 0.699 bits per heavy atom. The summed E-state index contributed by atoms with van der Waals surface area (Å²) in [6.45, 7) is 13.2. The highest BCUT2D eigenvalue weighted by atomic mass is 32.1. The molecule has 0 spiro atoms. The lowest BCUT2D eigenvalue weighted by molar-refractivity contribution is 0.279. The maximum atomic E-state index is 17.7. The average Bonchev–Trinajstić information content (AvgIpc) is 1.60. The van der Waals surface area contributed by atoms with E-state index in [1.54, 1.807) is 68.0 Å². The smallest absolute Gasteiger partial charge is 0.170 e. The lowest BCUT2D eigenvalue weighted by atomic mass is 9.88. The molecule has 13 heteroatoms. The van der Waals surface area contributed by atoms with Crippen LogP contribution in [0.1, 0.15) is 265 Å². The van der Waals surface area contributed by atoms with Crippen LogP contribution in [0.4, 0.5) is 8.78 Å². The van der Waals surface area contributed by atoms with E-state index in [1.807, 2.05) is 0 Å². The minimum atomic E-state index is -0.832. The van der Waals surface area contributed by atoms with Crippen LogP contribution in [0.3, 0.4) is 0 Å². The summed E-state index contributed by atoms with van der Waals surface area (Å²) in [5.74, 6) is -0.600. The SMILES string of the molecule is CCCCCCCCCCC(CCCCCCCC)Cc1cc(-c2c(F)c(F)c(-c3cc(CC(CCCCCCCC)CCCCCCCCCC)c(-c4ccc(-c5ccc(-c6cc(CO)c(-c7ccc(-c8ccc(C)s8)s7)cc6CO)s5)s4)s3)c3nsnc23)sc1C. The van der Waals surface area contributed by atoms with Crippen LogP contribution in [0.2, 0.25) is 0 Å². The highest BCUT2D eigenvalue weighted by Crippen LogP contribution is 2.51. The van der Waals surface area contributed by atoms with E-state index < -0.39 is 11.6 Å². The summed E-state index contributed by atoms with van der Waals surface area (Å²) >= 11 is 11.2. The number of aryl methyl sites for hydroxylation is 2. The van der Waals surface area contributed by atoms with Crippen molar-refractivity contribution in [3.05, 3.63) is 116 Å². The van der Waals surface area contributed by atoms with Gasteiger partial charge in [0.15, 0.2) is 11.6 Å². The van der Waals surface area contributed by atoms with Crippen molar-refractivity contribution in [2.45, 2.75) is 273 Å². The maximum absolute atomic E-state index is 17.7. The third kappa shape index (κ3) is 20.7. The molecule has 2 atom stereocenters. The number of nitrogens with zero attached hydrogens (tertiary/aromatic N) is 2. The van der Waals surface area contributed by atoms with Crippen LogP contribution in [0, 0.1) is 37.3 Å². The zero-order valence-electron chi connectivity index (χ0n) is 56.9. The first-order valence-electron chi connectivity index (χ1n) is 36.2. The maximum Gasteiger partial charge on any atom is 0.170 e. The summed E-state index contributed by atoms with van der Waals surface area (Å²) in [4.78, 5) is 12.9. The van der Waals surface area contributed by atoms with Crippen molar-refractivity contribution >= 4 is 90.8 Å². The second-order valence-electron chi connectivity index (χ2n) is 26.7. The van der Waals surface area contributed by atoms with Crippen molar-refractivity contribution in [3.8, 4) is 71.0 Å². The summed E-state index contributed by atoms with van der Waals surface area (Å²) in [6.07, 6.45) is 42.8. The summed E-state index contributed by atoms with van der Waals surface area (Å²) in [5, 5.41) is 21.7. The number of benzene rings is 2. The molecule has 9 aromatic rings. The zero-order valence-corrected chi connectivity index (χ0v) is 62.7. The second kappa shape index (κ2) is 39.0. The average molecular weight is 1390 g/mol. The normalized spacial score (nSPS) is 12.6. The van der Waals surface area contributed by atoms with Gasteiger partial charge in [0, 0.05) is 58.5 Å². The van der Waals surface area contributed by atoms with Gasteiger partial charge in [-0.05, 0) is 145 Å². The molecule has 2 aromatic carbocycles. The monoisotopic (exact) mass is 1390 g/mol. The number of fused-ring (bicyclic) bond motifs is 1. The molecule has 0 amide bonds. The Bertz CT molecular complexity index is 3640. The standard InChI is InChI=1S/C80H106F2N2O2S7/c1-7-11-15-19-23-25-29-33-36-57(35-31-27-21-17-13-9-3)47-59-51-72(88-56(59)6)74-76(81)77(82)75(79-78(74)83-93-84-79)73-52-60(48-58(37-32-28-22-18-14-10-4)38-34-30-26-24-20-16-12-8-2)80(92-73)71-46-45-70(91-71)69-44-42-66(90-69)64-50-61(53-85)63(49-62(64)54-86)65-41-43-68(89-65)67-40-39-55(5)87-67/h39-46,49-52,57-58,85-86H,7-38,47-48,53-54H2,1-6H3. The molecule has 93 heavy (non-hydrogen) atoms. The molecule has 4 nitrogen and oxygen atoms in total. The van der Waals surface area contributed by atoms with E-state index in [0.717, 1.165) is 87.4 Å². The molecule has 504 valence electrons. The molecular formula is C80H106F2N2O2S7. The number of aliphatic hydroxyl groups is 2. The van der Waals surface area contributed by atoms with E-state index in [9.17, 15) is 10.2 Å². The Hall–Kier alpha value is -3.76. The first kappa shape index (κ1) is 73.5. The van der Waals surface area contributed by atoms with Gasteiger partial charge in [0.2, 0.25) is 0 Å². The van der Waals surface area contributed by atoms with Crippen molar-refractivity contribution in [1.82, 2.24) is 8.75 Å². The highest BCUT2D eigenvalue weighted by molar-refractivity contribution is 7.28. The molecular weight excluding hydrogens is 1280 g/mol. The molecule has 9 rings (SSSR count). The fourth-order valence-electron chi connectivity index (χ4n) is 13.8. The van der Waals surface area contributed by atoms with E-state index in [-0.39, 0.29) is 24.3 Å². The fourth-order valence-corrected chi connectivity index (χ4v) is 21.0. The first-order chi connectivity index (χ1) is 45.5. The van der Waals surface area contributed by atoms with Gasteiger partial charge in [-0.15, -0.1) is 68.0 Å². The third-order valence-corrected chi connectivity index (χ3v) is 27.0. The van der Waals surface area contributed by atoms with Gasteiger partial charge in [-0.1, -0.05) is 233 Å². The van der Waals surface area contributed by atoms with Crippen LogP contribution >= 0.6 is 79.7 Å². The first-order valence-corrected chi connectivity index (χ1v) is 41.8. The minimum absolute atomic E-state index is 0.115. The van der Waals surface area contributed by atoms with E-state index in [4.69, 9.17) is 8.75 Å². The Morgan fingerprint density at radius 1 is 0.355 bits per heavy atom. The van der Waals surface area contributed by atoms with E-state index in [0.29, 0.717) is 27.7 Å². The van der Waals surface area contributed by atoms with E-state index in [2.05, 4.69) is 114 Å². The number of rotatable bonds is 45. The van der Waals surface area contributed by atoms with Crippen LogP contribution in [0.5, 0.6) is 0 Å². The highest BCUT2D eigenvalue weighted by Gasteiger charge is 2.30. The van der Waals surface area contributed by atoms with Gasteiger partial charge >= 0.3 is 0 Å². The number of aromatic nitrogens is 2. The van der Waals surface area contributed by atoms with Crippen molar-refractivity contribution in [2.75, 3.05) is 0 Å². The van der Waals surface area contributed by atoms with Crippen molar-refractivity contribution < 1.29 is 19.0 Å². The van der Waals surface area contributed by atoms with Crippen LogP contribution in [-0.2, 0) is 26.1 Å². The quantitative estimate of drug-likeness (QED) is 0.0373. The van der Waals surface area contributed by atoms with Gasteiger partial charge in [0.1, 0.15) is 11.0 Å². The molecule has 7 aromatic heterocycles. The largest absolute Gasteiger partial charge is 0.392 e. The predicted molar refractivity (Wildman–Crippen MR) is 409 cm³/mol. The number of unbranched alkanes of at least 4 members (excludes halogenated alkanes) is 24. The lowest BCUT2D eigenvalue weighted by Crippen LogP contribution is -2.06. The third-order valence-electron chi connectivity index (χ3n) is 19.3. The van der Waals surface area contributed by atoms with Gasteiger partial charge in [0.05, 0.1) is 36.1 Å². The predicted octanol–water partition coefficient (Wildman–Crippen LogP) is 28.5. The molecule has 0 saturated heterocycles. The molecule has 0 aliphatic carbocycles. The number of halogens is 2. The molecule has 2 N–H and O–H groups in total. The van der Waals surface area contributed by atoms with Gasteiger partial charge in [-0.2, -0.15) is 8.75 Å². The summed E-state index contributed by atoms with van der Waals surface area (Å²) < 4.78 is 45.0. The van der Waals surface area contributed by atoms with Gasteiger partial charge in [-0.25, -0.2) is 8.78 Å². The summed E-state index contributed by atoms with van der Waals surface area (Å²) in [5.41, 5.74) is 7.40.